The largest absolute Gasteiger partial charge is 0.376 e. The first-order valence-corrected chi connectivity index (χ1v) is 8.61. The van der Waals surface area contributed by atoms with Gasteiger partial charge in [-0.15, -0.1) is 0 Å². The summed E-state index contributed by atoms with van der Waals surface area (Å²) < 4.78 is 7.46. The molecule has 0 spiro atoms. The van der Waals surface area contributed by atoms with Gasteiger partial charge in [0.15, 0.2) is 4.77 Å². The minimum Gasteiger partial charge on any atom is -0.376 e. The number of aromatic amines is 1. The second-order valence-corrected chi connectivity index (χ2v) is 6.44. The van der Waals surface area contributed by atoms with Crippen LogP contribution in [0.4, 0.5) is 0 Å². The first-order chi connectivity index (χ1) is 11.5. The molecule has 3 rings (SSSR count). The Kier molecular flexibility index (Phi) is 4.82. The van der Waals surface area contributed by atoms with Crippen LogP contribution in [0.1, 0.15) is 37.0 Å². The van der Waals surface area contributed by atoms with Crippen molar-refractivity contribution in [2.75, 3.05) is 6.61 Å². The molecule has 0 bridgehead atoms. The third-order valence-corrected chi connectivity index (χ3v) is 4.76. The van der Waals surface area contributed by atoms with Crippen LogP contribution in [-0.2, 0) is 11.3 Å². The van der Waals surface area contributed by atoms with Crippen molar-refractivity contribution in [2.24, 2.45) is 0 Å². The molecule has 1 aromatic heterocycles. The van der Waals surface area contributed by atoms with E-state index in [1.165, 1.54) is 4.57 Å². The Labute approximate surface area is 144 Å². The normalized spacial score (nSPS) is 18.7. The number of carbonyl (C=O) groups excluding carboxylic acids is 1. The van der Waals surface area contributed by atoms with E-state index in [4.69, 9.17) is 17.0 Å². The Morgan fingerprint density at radius 3 is 3.00 bits per heavy atom. The van der Waals surface area contributed by atoms with E-state index in [2.05, 4.69) is 10.3 Å². The monoisotopic (exact) mass is 347 g/mol. The van der Waals surface area contributed by atoms with Gasteiger partial charge in [0.2, 0.25) is 0 Å². The fourth-order valence-corrected chi connectivity index (χ4v) is 3.38. The third-order valence-electron chi connectivity index (χ3n) is 4.44. The lowest BCUT2D eigenvalue weighted by atomic mass is 10.1. The average Bonchev–Trinajstić information content (AvgIpc) is 3.09. The van der Waals surface area contributed by atoms with E-state index in [-0.39, 0.29) is 23.6 Å². The molecule has 6 nitrogen and oxygen atoms in total. The van der Waals surface area contributed by atoms with Crippen molar-refractivity contribution in [3.05, 3.63) is 38.9 Å². The Balaban J connectivity index is 1.89. The predicted molar refractivity (Wildman–Crippen MR) is 95.0 cm³/mol. The molecular formula is C17H21N3O3S. The summed E-state index contributed by atoms with van der Waals surface area (Å²) in [5.74, 6) is -0.182. The molecule has 0 unspecified atom stereocenters. The van der Waals surface area contributed by atoms with Crippen LogP contribution in [-0.4, -0.2) is 34.2 Å². The van der Waals surface area contributed by atoms with Gasteiger partial charge in [0.1, 0.15) is 0 Å². The number of fused-ring (bicyclic) bond motifs is 1. The van der Waals surface area contributed by atoms with E-state index in [0.717, 1.165) is 19.4 Å². The Morgan fingerprint density at radius 1 is 1.54 bits per heavy atom. The molecule has 0 radical (unpaired) electrons. The Morgan fingerprint density at radius 2 is 2.33 bits per heavy atom. The van der Waals surface area contributed by atoms with E-state index in [9.17, 15) is 9.59 Å². The second kappa shape index (κ2) is 6.86. The highest BCUT2D eigenvalue weighted by molar-refractivity contribution is 7.71. The number of benzene rings is 1. The Hall–Kier alpha value is -1.99. The minimum absolute atomic E-state index is 0.0534. The zero-order chi connectivity index (χ0) is 17.3. The summed E-state index contributed by atoms with van der Waals surface area (Å²) in [7, 11) is 0. The number of nitrogens with one attached hydrogen (secondary N) is 2. The second-order valence-electron chi connectivity index (χ2n) is 6.05. The number of ether oxygens (including phenoxy) is 1. The number of rotatable bonds is 4. The van der Waals surface area contributed by atoms with Gasteiger partial charge in [0, 0.05) is 18.7 Å². The highest BCUT2D eigenvalue weighted by atomic mass is 32.1. The van der Waals surface area contributed by atoms with E-state index >= 15 is 0 Å². The van der Waals surface area contributed by atoms with Gasteiger partial charge in [0.25, 0.3) is 11.5 Å². The Bertz CT molecular complexity index is 881. The summed E-state index contributed by atoms with van der Waals surface area (Å²) in [5.41, 5.74) is 0.926. The first kappa shape index (κ1) is 16.9. The molecule has 1 aliphatic heterocycles. The number of carbonyl (C=O) groups is 1. The number of nitrogens with zero attached hydrogens (tertiary/aromatic N) is 1. The number of amides is 1. The highest BCUT2D eigenvalue weighted by Crippen LogP contribution is 2.16. The molecular weight excluding hydrogens is 326 g/mol. The SMILES string of the molecule is CCn1c(=S)[nH]c2cc(C(=O)N[C@H](C)[C@H]3CCCO3)ccc2c1=O. The van der Waals surface area contributed by atoms with Gasteiger partial charge < -0.3 is 15.0 Å². The lowest BCUT2D eigenvalue weighted by Crippen LogP contribution is -2.40. The van der Waals surface area contributed by atoms with Crippen LogP contribution < -0.4 is 10.9 Å². The standard InChI is InChI=1S/C17H21N3O3S/c1-3-20-16(22)12-7-6-11(9-13(12)19-17(20)24)15(21)18-10(2)14-5-4-8-23-14/h6-7,9-10,14H,3-5,8H2,1-2H3,(H,18,21)(H,19,24)/t10-,14-/m1/s1. The molecule has 24 heavy (non-hydrogen) atoms. The van der Waals surface area contributed by atoms with Crippen LogP contribution >= 0.6 is 12.2 Å². The van der Waals surface area contributed by atoms with E-state index in [1.807, 2.05) is 13.8 Å². The molecule has 1 aliphatic rings. The van der Waals surface area contributed by atoms with Gasteiger partial charge in [-0.2, -0.15) is 0 Å². The molecule has 0 saturated carbocycles. The van der Waals surface area contributed by atoms with Crippen LogP contribution in [0.2, 0.25) is 0 Å². The van der Waals surface area contributed by atoms with Gasteiger partial charge in [-0.05, 0) is 57.1 Å². The summed E-state index contributed by atoms with van der Waals surface area (Å²) in [6.45, 7) is 5.07. The predicted octanol–water partition coefficient (Wildman–Crippen LogP) is 2.38. The zero-order valence-electron chi connectivity index (χ0n) is 13.8. The van der Waals surface area contributed by atoms with Crippen molar-refractivity contribution in [1.29, 1.82) is 0 Å². The quantitative estimate of drug-likeness (QED) is 0.833. The number of hydrogen-bond donors (Lipinski definition) is 2. The average molecular weight is 347 g/mol. The molecule has 0 aliphatic carbocycles. The summed E-state index contributed by atoms with van der Waals surface area (Å²) >= 11 is 5.21. The summed E-state index contributed by atoms with van der Waals surface area (Å²) in [5, 5.41) is 3.49. The molecule has 2 N–H and O–H groups in total. The van der Waals surface area contributed by atoms with Crippen molar-refractivity contribution in [3.63, 3.8) is 0 Å². The van der Waals surface area contributed by atoms with Crippen LogP contribution in [0.5, 0.6) is 0 Å². The molecule has 128 valence electrons. The van der Waals surface area contributed by atoms with Gasteiger partial charge in [-0.3, -0.25) is 14.2 Å². The molecule has 7 heteroatoms. The van der Waals surface area contributed by atoms with Crippen LogP contribution in [0.25, 0.3) is 10.9 Å². The third kappa shape index (κ3) is 3.14. The lowest BCUT2D eigenvalue weighted by Gasteiger charge is -2.20. The highest BCUT2D eigenvalue weighted by Gasteiger charge is 2.24. The molecule has 2 heterocycles. The van der Waals surface area contributed by atoms with Crippen LogP contribution in [0, 0.1) is 4.77 Å². The van der Waals surface area contributed by atoms with E-state index in [0.29, 0.717) is 27.8 Å². The van der Waals surface area contributed by atoms with Crippen LogP contribution in [0.15, 0.2) is 23.0 Å². The van der Waals surface area contributed by atoms with Crippen molar-refractivity contribution >= 4 is 29.0 Å². The van der Waals surface area contributed by atoms with E-state index < -0.39 is 0 Å². The summed E-state index contributed by atoms with van der Waals surface area (Å²) in [6, 6.07) is 4.95. The van der Waals surface area contributed by atoms with Gasteiger partial charge >= 0.3 is 0 Å². The van der Waals surface area contributed by atoms with Gasteiger partial charge in [-0.25, -0.2) is 0 Å². The molecule has 1 aromatic carbocycles. The minimum atomic E-state index is -0.182. The molecule has 2 atom stereocenters. The molecule has 1 amide bonds. The number of hydrogen-bond acceptors (Lipinski definition) is 4. The van der Waals surface area contributed by atoms with Crippen LogP contribution in [0.3, 0.4) is 0 Å². The maximum atomic E-state index is 12.5. The van der Waals surface area contributed by atoms with E-state index in [1.54, 1.807) is 18.2 Å². The fourth-order valence-electron chi connectivity index (χ4n) is 3.06. The fraction of sp³-hybridized carbons (Fsp3) is 0.471. The summed E-state index contributed by atoms with van der Waals surface area (Å²) in [4.78, 5) is 27.9. The van der Waals surface area contributed by atoms with Gasteiger partial charge in [0.05, 0.1) is 23.0 Å². The lowest BCUT2D eigenvalue weighted by molar-refractivity contribution is 0.0712. The van der Waals surface area contributed by atoms with Gasteiger partial charge in [-0.1, -0.05) is 0 Å². The molecule has 2 aromatic rings. The molecule has 1 saturated heterocycles. The first-order valence-electron chi connectivity index (χ1n) is 8.20. The zero-order valence-corrected chi connectivity index (χ0v) is 14.6. The van der Waals surface area contributed by atoms with Crippen molar-refractivity contribution in [2.45, 2.75) is 45.4 Å². The molecule has 1 fully saturated rings. The number of H-pyrrole nitrogens is 1. The topological polar surface area (TPSA) is 76.1 Å². The number of aromatic nitrogens is 2. The van der Waals surface area contributed by atoms with Crippen molar-refractivity contribution in [1.82, 2.24) is 14.9 Å². The van der Waals surface area contributed by atoms with Crippen molar-refractivity contribution in [3.8, 4) is 0 Å². The van der Waals surface area contributed by atoms with Crippen molar-refractivity contribution < 1.29 is 9.53 Å². The maximum absolute atomic E-state index is 12.5. The smallest absolute Gasteiger partial charge is 0.262 e. The summed E-state index contributed by atoms with van der Waals surface area (Å²) in [6.07, 6.45) is 2.06. The maximum Gasteiger partial charge on any atom is 0.262 e.